The number of hydrogen-bond acceptors (Lipinski definition) is 3. The Morgan fingerprint density at radius 1 is 1.31 bits per heavy atom. The SMILES string of the molecule is Cc1ccc(CNC2CC(=O)NC2=O)cc1. The van der Waals surface area contributed by atoms with E-state index >= 15 is 0 Å². The maximum Gasteiger partial charge on any atom is 0.244 e. The zero-order valence-corrected chi connectivity index (χ0v) is 9.12. The quantitative estimate of drug-likeness (QED) is 0.726. The Hall–Kier alpha value is -1.68. The van der Waals surface area contributed by atoms with E-state index in [-0.39, 0.29) is 24.3 Å². The van der Waals surface area contributed by atoms with E-state index in [4.69, 9.17) is 0 Å². The lowest BCUT2D eigenvalue weighted by atomic mass is 10.1. The van der Waals surface area contributed by atoms with Crippen LogP contribution in [0.3, 0.4) is 0 Å². The number of carbonyl (C=O) groups excluding carboxylic acids is 2. The predicted molar refractivity (Wildman–Crippen MR) is 59.6 cm³/mol. The highest BCUT2D eigenvalue weighted by molar-refractivity contribution is 6.05. The molecule has 4 heteroatoms. The molecule has 2 amide bonds. The number of nitrogens with one attached hydrogen (secondary N) is 2. The van der Waals surface area contributed by atoms with Crippen molar-refractivity contribution in [3.8, 4) is 0 Å². The molecule has 1 saturated heterocycles. The van der Waals surface area contributed by atoms with Crippen molar-refractivity contribution in [2.24, 2.45) is 0 Å². The van der Waals surface area contributed by atoms with Crippen molar-refractivity contribution in [1.82, 2.24) is 10.6 Å². The summed E-state index contributed by atoms with van der Waals surface area (Å²) in [4.78, 5) is 22.2. The van der Waals surface area contributed by atoms with E-state index in [2.05, 4.69) is 10.6 Å². The first-order valence-corrected chi connectivity index (χ1v) is 5.28. The Labute approximate surface area is 94.0 Å². The molecule has 4 nitrogen and oxygen atoms in total. The second-order valence-electron chi connectivity index (χ2n) is 4.04. The molecule has 1 fully saturated rings. The van der Waals surface area contributed by atoms with Crippen molar-refractivity contribution in [2.45, 2.75) is 25.9 Å². The van der Waals surface area contributed by atoms with Crippen LogP contribution in [0.1, 0.15) is 17.5 Å². The number of carbonyl (C=O) groups is 2. The maximum atomic E-state index is 11.3. The fraction of sp³-hybridized carbons (Fsp3) is 0.333. The first kappa shape index (κ1) is 10.8. The number of hydrogen-bond donors (Lipinski definition) is 2. The third kappa shape index (κ3) is 2.46. The standard InChI is InChI=1S/C12H14N2O2/c1-8-2-4-9(5-3-8)7-13-10-6-11(15)14-12(10)16/h2-5,10,13H,6-7H2,1H3,(H,14,15,16). The summed E-state index contributed by atoms with van der Waals surface area (Å²) in [6.07, 6.45) is 0.241. The van der Waals surface area contributed by atoms with Crippen molar-refractivity contribution in [2.75, 3.05) is 0 Å². The molecular weight excluding hydrogens is 204 g/mol. The summed E-state index contributed by atoms with van der Waals surface area (Å²) < 4.78 is 0. The van der Waals surface area contributed by atoms with Gasteiger partial charge in [0.2, 0.25) is 11.8 Å². The van der Waals surface area contributed by atoms with Crippen LogP contribution in [0.4, 0.5) is 0 Å². The summed E-state index contributed by atoms with van der Waals surface area (Å²) in [5, 5.41) is 5.34. The van der Waals surface area contributed by atoms with Crippen LogP contribution >= 0.6 is 0 Å². The van der Waals surface area contributed by atoms with Crippen molar-refractivity contribution >= 4 is 11.8 Å². The van der Waals surface area contributed by atoms with Gasteiger partial charge in [-0.1, -0.05) is 29.8 Å². The fourth-order valence-electron chi connectivity index (χ4n) is 1.67. The molecule has 1 atom stereocenters. The molecule has 1 aliphatic heterocycles. The molecule has 1 unspecified atom stereocenters. The number of amides is 2. The van der Waals surface area contributed by atoms with Gasteiger partial charge in [0.15, 0.2) is 0 Å². The van der Waals surface area contributed by atoms with Gasteiger partial charge in [-0.05, 0) is 12.5 Å². The van der Waals surface area contributed by atoms with Gasteiger partial charge in [-0.3, -0.25) is 14.9 Å². The van der Waals surface area contributed by atoms with Gasteiger partial charge >= 0.3 is 0 Å². The molecule has 1 aromatic rings. The van der Waals surface area contributed by atoms with Crippen molar-refractivity contribution < 1.29 is 9.59 Å². The molecule has 2 N–H and O–H groups in total. The summed E-state index contributed by atoms with van der Waals surface area (Å²) in [5.41, 5.74) is 2.32. The van der Waals surface area contributed by atoms with E-state index in [1.807, 2.05) is 31.2 Å². The van der Waals surface area contributed by atoms with Crippen LogP contribution in [-0.2, 0) is 16.1 Å². The zero-order valence-electron chi connectivity index (χ0n) is 9.12. The molecule has 1 aliphatic rings. The summed E-state index contributed by atoms with van der Waals surface area (Å²) in [6, 6.07) is 7.69. The zero-order chi connectivity index (χ0) is 11.5. The molecule has 0 radical (unpaired) electrons. The van der Waals surface area contributed by atoms with Crippen molar-refractivity contribution in [3.05, 3.63) is 35.4 Å². The molecule has 16 heavy (non-hydrogen) atoms. The minimum atomic E-state index is -0.381. The van der Waals surface area contributed by atoms with Crippen LogP contribution in [-0.4, -0.2) is 17.9 Å². The van der Waals surface area contributed by atoms with Crippen LogP contribution < -0.4 is 10.6 Å². The second-order valence-corrected chi connectivity index (χ2v) is 4.04. The monoisotopic (exact) mass is 218 g/mol. The lowest BCUT2D eigenvalue weighted by Crippen LogP contribution is -2.35. The molecule has 1 heterocycles. The van der Waals surface area contributed by atoms with Crippen LogP contribution in [0.15, 0.2) is 24.3 Å². The highest BCUT2D eigenvalue weighted by Gasteiger charge is 2.29. The molecule has 0 aromatic heterocycles. The lowest BCUT2D eigenvalue weighted by molar-refractivity contribution is -0.125. The first-order chi connectivity index (χ1) is 7.65. The Bertz CT molecular complexity index is 412. The van der Waals surface area contributed by atoms with Crippen LogP contribution in [0, 0.1) is 6.92 Å². The number of imide groups is 1. The van der Waals surface area contributed by atoms with Crippen LogP contribution in [0.5, 0.6) is 0 Å². The summed E-state index contributed by atoms with van der Waals surface area (Å²) in [6.45, 7) is 2.63. The molecule has 0 saturated carbocycles. The fourth-order valence-corrected chi connectivity index (χ4v) is 1.67. The van der Waals surface area contributed by atoms with Gasteiger partial charge in [0, 0.05) is 6.54 Å². The second kappa shape index (κ2) is 4.45. The average Bonchev–Trinajstić information content (AvgIpc) is 2.57. The van der Waals surface area contributed by atoms with E-state index in [0.29, 0.717) is 6.54 Å². The largest absolute Gasteiger partial charge is 0.301 e. The van der Waals surface area contributed by atoms with Gasteiger partial charge in [0.25, 0.3) is 0 Å². The molecule has 84 valence electrons. The maximum absolute atomic E-state index is 11.3. The molecule has 2 rings (SSSR count). The first-order valence-electron chi connectivity index (χ1n) is 5.28. The minimum absolute atomic E-state index is 0.202. The Kier molecular flexibility index (Phi) is 3.01. The van der Waals surface area contributed by atoms with Crippen LogP contribution in [0.25, 0.3) is 0 Å². The van der Waals surface area contributed by atoms with Gasteiger partial charge in [0.1, 0.15) is 0 Å². The van der Waals surface area contributed by atoms with Gasteiger partial charge < -0.3 is 5.32 Å². The third-order valence-corrected chi connectivity index (χ3v) is 2.64. The minimum Gasteiger partial charge on any atom is -0.301 e. The molecule has 0 spiro atoms. The summed E-state index contributed by atoms with van der Waals surface area (Å²) in [5.74, 6) is -0.427. The predicted octanol–water partition coefficient (Wildman–Crippen LogP) is 0.500. The van der Waals surface area contributed by atoms with Gasteiger partial charge in [-0.15, -0.1) is 0 Å². The molecular formula is C12H14N2O2. The smallest absolute Gasteiger partial charge is 0.244 e. The Morgan fingerprint density at radius 2 is 2.00 bits per heavy atom. The number of benzene rings is 1. The van der Waals surface area contributed by atoms with Gasteiger partial charge in [-0.25, -0.2) is 0 Å². The van der Waals surface area contributed by atoms with Crippen molar-refractivity contribution in [1.29, 1.82) is 0 Å². The van der Waals surface area contributed by atoms with E-state index in [9.17, 15) is 9.59 Å². The average molecular weight is 218 g/mol. The molecule has 0 bridgehead atoms. The van der Waals surface area contributed by atoms with E-state index in [1.165, 1.54) is 5.56 Å². The lowest BCUT2D eigenvalue weighted by Gasteiger charge is -2.08. The van der Waals surface area contributed by atoms with Gasteiger partial charge in [0.05, 0.1) is 12.5 Å². The van der Waals surface area contributed by atoms with E-state index in [0.717, 1.165) is 5.56 Å². The van der Waals surface area contributed by atoms with Crippen molar-refractivity contribution in [3.63, 3.8) is 0 Å². The van der Waals surface area contributed by atoms with Crippen LogP contribution in [0.2, 0.25) is 0 Å². The Morgan fingerprint density at radius 3 is 2.56 bits per heavy atom. The third-order valence-electron chi connectivity index (χ3n) is 2.64. The molecule has 1 aromatic carbocycles. The summed E-state index contributed by atoms with van der Waals surface area (Å²) >= 11 is 0. The van der Waals surface area contributed by atoms with E-state index < -0.39 is 0 Å². The Balaban J connectivity index is 1.90. The highest BCUT2D eigenvalue weighted by Crippen LogP contribution is 2.06. The topological polar surface area (TPSA) is 58.2 Å². The number of rotatable bonds is 3. The summed E-state index contributed by atoms with van der Waals surface area (Å²) in [7, 11) is 0. The molecule has 0 aliphatic carbocycles. The number of aryl methyl sites for hydroxylation is 1. The highest BCUT2D eigenvalue weighted by atomic mass is 16.2. The normalized spacial score (nSPS) is 19.9. The van der Waals surface area contributed by atoms with Gasteiger partial charge in [-0.2, -0.15) is 0 Å². The van der Waals surface area contributed by atoms with E-state index in [1.54, 1.807) is 0 Å².